The molecular formula is C25H24N2O4. The van der Waals surface area contributed by atoms with Crippen LogP contribution in [0.5, 0.6) is 11.5 Å². The topological polar surface area (TPSA) is 74.0 Å². The third-order valence-corrected chi connectivity index (χ3v) is 4.47. The molecule has 0 aliphatic rings. The van der Waals surface area contributed by atoms with Gasteiger partial charge in [0.1, 0.15) is 6.61 Å². The van der Waals surface area contributed by atoms with E-state index in [1.165, 1.54) is 12.1 Å². The maximum atomic E-state index is 10.8. The van der Waals surface area contributed by atoms with Gasteiger partial charge in [-0.1, -0.05) is 36.4 Å². The Bertz CT molecular complexity index is 1060. The van der Waals surface area contributed by atoms with Crippen LogP contribution < -0.4 is 9.47 Å². The molecule has 0 heterocycles. The summed E-state index contributed by atoms with van der Waals surface area (Å²) in [7, 11) is 0. The van der Waals surface area contributed by atoms with Gasteiger partial charge in [-0.3, -0.25) is 15.1 Å². The fourth-order valence-electron chi connectivity index (χ4n) is 3.03. The van der Waals surface area contributed by atoms with E-state index in [-0.39, 0.29) is 5.69 Å². The number of nitro groups is 1. The third-order valence-electron chi connectivity index (χ3n) is 4.47. The van der Waals surface area contributed by atoms with E-state index < -0.39 is 4.92 Å². The van der Waals surface area contributed by atoms with Crippen molar-refractivity contribution < 1.29 is 14.4 Å². The van der Waals surface area contributed by atoms with Crippen molar-refractivity contribution in [1.29, 1.82) is 0 Å². The van der Waals surface area contributed by atoms with Crippen molar-refractivity contribution in [3.8, 4) is 11.5 Å². The number of nitrogens with zero attached hydrogens (tertiary/aromatic N) is 2. The Balaban J connectivity index is 1.88. The summed E-state index contributed by atoms with van der Waals surface area (Å²) >= 11 is 0. The van der Waals surface area contributed by atoms with Crippen molar-refractivity contribution in [3.63, 3.8) is 0 Å². The molecule has 0 N–H and O–H groups in total. The first-order chi connectivity index (χ1) is 15.1. The summed E-state index contributed by atoms with van der Waals surface area (Å²) in [4.78, 5) is 14.8. The minimum absolute atomic E-state index is 0.0331. The molecule has 3 aromatic carbocycles. The number of nitro benzene ring substituents is 1. The van der Waals surface area contributed by atoms with Crippen LogP contribution in [0.3, 0.4) is 0 Å². The number of ether oxygens (including phenoxy) is 2. The van der Waals surface area contributed by atoms with Gasteiger partial charge in [0, 0.05) is 23.9 Å². The van der Waals surface area contributed by atoms with Crippen LogP contribution in [-0.2, 0) is 13.0 Å². The molecule has 0 fully saturated rings. The molecular weight excluding hydrogens is 392 g/mol. The normalized spacial score (nSPS) is 10.7. The van der Waals surface area contributed by atoms with E-state index >= 15 is 0 Å². The molecule has 3 rings (SSSR count). The number of hydrogen-bond donors (Lipinski definition) is 0. The zero-order valence-electron chi connectivity index (χ0n) is 17.4. The van der Waals surface area contributed by atoms with Gasteiger partial charge in [-0.2, -0.15) is 0 Å². The highest BCUT2D eigenvalue weighted by Gasteiger charge is 2.13. The SMILES string of the molecule is C=CCc1cc(C=Nc2ccc([N+](=O)[O-])cc2)cc(OCC)c1OCc1ccccc1. The van der Waals surface area contributed by atoms with Gasteiger partial charge in [0.25, 0.3) is 5.69 Å². The van der Waals surface area contributed by atoms with Crippen LogP contribution in [-0.4, -0.2) is 17.7 Å². The van der Waals surface area contributed by atoms with E-state index in [9.17, 15) is 10.1 Å². The van der Waals surface area contributed by atoms with E-state index in [2.05, 4.69) is 11.6 Å². The average Bonchev–Trinajstić information content (AvgIpc) is 2.78. The Kier molecular flexibility index (Phi) is 7.54. The van der Waals surface area contributed by atoms with Crippen molar-refractivity contribution in [1.82, 2.24) is 0 Å². The molecule has 0 aliphatic heterocycles. The molecule has 0 aliphatic carbocycles. The summed E-state index contributed by atoms with van der Waals surface area (Å²) in [6.07, 6.45) is 4.14. The Morgan fingerprint density at radius 2 is 1.81 bits per heavy atom. The van der Waals surface area contributed by atoms with Crippen LogP contribution >= 0.6 is 0 Å². The molecule has 0 radical (unpaired) electrons. The smallest absolute Gasteiger partial charge is 0.269 e. The predicted molar refractivity (Wildman–Crippen MR) is 123 cm³/mol. The van der Waals surface area contributed by atoms with Gasteiger partial charge >= 0.3 is 0 Å². The molecule has 0 aromatic heterocycles. The standard InChI is InChI=1S/C25H24N2O4/c1-3-8-21-15-20(17-26-22-11-13-23(14-12-22)27(28)29)16-24(30-4-2)25(21)31-18-19-9-6-5-7-10-19/h3,5-7,9-17H,1,4,8,18H2,2H3. The van der Waals surface area contributed by atoms with Crippen molar-refractivity contribution in [3.05, 3.63) is 106 Å². The van der Waals surface area contributed by atoms with Crippen LogP contribution in [0.4, 0.5) is 11.4 Å². The Labute approximate surface area is 181 Å². The first-order valence-corrected chi connectivity index (χ1v) is 9.96. The molecule has 0 atom stereocenters. The van der Waals surface area contributed by atoms with Gasteiger partial charge in [0.05, 0.1) is 17.2 Å². The van der Waals surface area contributed by atoms with Crippen LogP contribution in [0.2, 0.25) is 0 Å². The molecule has 6 heteroatoms. The molecule has 0 saturated heterocycles. The lowest BCUT2D eigenvalue weighted by Crippen LogP contribution is -2.04. The second-order valence-electron chi connectivity index (χ2n) is 6.74. The Morgan fingerprint density at radius 3 is 2.45 bits per heavy atom. The van der Waals surface area contributed by atoms with Crippen molar-refractivity contribution in [2.75, 3.05) is 6.61 Å². The lowest BCUT2D eigenvalue weighted by Gasteiger charge is -2.17. The zero-order chi connectivity index (χ0) is 22.1. The predicted octanol–water partition coefficient (Wildman–Crippen LogP) is 6.05. The molecule has 158 valence electrons. The van der Waals surface area contributed by atoms with Gasteiger partial charge in [-0.25, -0.2) is 0 Å². The van der Waals surface area contributed by atoms with Crippen molar-refractivity contribution in [2.24, 2.45) is 4.99 Å². The highest BCUT2D eigenvalue weighted by atomic mass is 16.6. The number of benzene rings is 3. The maximum Gasteiger partial charge on any atom is 0.269 e. The second kappa shape index (κ2) is 10.7. The van der Waals surface area contributed by atoms with Gasteiger partial charge < -0.3 is 9.47 Å². The van der Waals surface area contributed by atoms with Crippen molar-refractivity contribution in [2.45, 2.75) is 20.0 Å². The summed E-state index contributed by atoms with van der Waals surface area (Å²) in [5.74, 6) is 1.33. The van der Waals surface area contributed by atoms with E-state index in [4.69, 9.17) is 9.47 Å². The number of non-ortho nitro benzene ring substituents is 1. The maximum absolute atomic E-state index is 10.8. The lowest BCUT2D eigenvalue weighted by atomic mass is 10.1. The van der Waals surface area contributed by atoms with Crippen LogP contribution in [0.1, 0.15) is 23.6 Å². The van der Waals surface area contributed by atoms with Gasteiger partial charge in [-0.05, 0) is 48.7 Å². The number of allylic oxidation sites excluding steroid dienone is 1. The molecule has 0 bridgehead atoms. The van der Waals surface area contributed by atoms with E-state index in [0.717, 1.165) is 16.7 Å². The number of hydrogen-bond acceptors (Lipinski definition) is 5. The van der Waals surface area contributed by atoms with Crippen LogP contribution in [0, 0.1) is 10.1 Å². The molecule has 3 aromatic rings. The summed E-state index contributed by atoms with van der Waals surface area (Å²) < 4.78 is 12.0. The van der Waals surface area contributed by atoms with Crippen molar-refractivity contribution >= 4 is 17.6 Å². The molecule has 0 amide bonds. The second-order valence-corrected chi connectivity index (χ2v) is 6.74. The quantitative estimate of drug-likeness (QED) is 0.174. The largest absolute Gasteiger partial charge is 0.490 e. The first-order valence-electron chi connectivity index (χ1n) is 9.96. The number of aliphatic imine (C=N–C) groups is 1. The van der Waals surface area contributed by atoms with Gasteiger partial charge in [0.2, 0.25) is 0 Å². The minimum Gasteiger partial charge on any atom is -0.490 e. The summed E-state index contributed by atoms with van der Waals surface area (Å²) in [6.45, 7) is 6.70. The lowest BCUT2D eigenvalue weighted by molar-refractivity contribution is -0.384. The van der Waals surface area contributed by atoms with Gasteiger partial charge in [0.15, 0.2) is 11.5 Å². The molecule has 0 spiro atoms. The molecule has 31 heavy (non-hydrogen) atoms. The number of rotatable bonds is 10. The molecule has 6 nitrogen and oxygen atoms in total. The Hall–Kier alpha value is -3.93. The fraction of sp³-hybridized carbons (Fsp3) is 0.160. The highest BCUT2D eigenvalue weighted by Crippen LogP contribution is 2.34. The summed E-state index contributed by atoms with van der Waals surface area (Å²) in [5.41, 5.74) is 3.51. The van der Waals surface area contributed by atoms with Crippen LogP contribution in [0.15, 0.2) is 84.4 Å². The summed E-state index contributed by atoms with van der Waals surface area (Å²) in [5, 5.41) is 10.8. The van der Waals surface area contributed by atoms with E-state index in [1.54, 1.807) is 18.3 Å². The van der Waals surface area contributed by atoms with Crippen LogP contribution in [0.25, 0.3) is 0 Å². The molecule has 0 unspecified atom stereocenters. The average molecular weight is 416 g/mol. The fourth-order valence-corrected chi connectivity index (χ4v) is 3.03. The van der Waals surface area contributed by atoms with Gasteiger partial charge in [-0.15, -0.1) is 6.58 Å². The zero-order valence-corrected chi connectivity index (χ0v) is 17.4. The monoisotopic (exact) mass is 416 g/mol. The third kappa shape index (κ3) is 6.02. The first kappa shape index (κ1) is 21.8. The Morgan fingerprint density at radius 1 is 1.06 bits per heavy atom. The van der Waals surface area contributed by atoms with E-state index in [0.29, 0.717) is 36.8 Å². The highest BCUT2D eigenvalue weighted by molar-refractivity contribution is 5.84. The minimum atomic E-state index is -0.433. The molecule has 0 saturated carbocycles. The summed E-state index contributed by atoms with van der Waals surface area (Å²) in [6, 6.07) is 19.9. The van der Waals surface area contributed by atoms with E-state index in [1.807, 2.05) is 55.5 Å².